The Morgan fingerprint density at radius 1 is 1.29 bits per heavy atom. The molecule has 0 spiro atoms. The van der Waals surface area contributed by atoms with Crippen LogP contribution in [0.3, 0.4) is 0 Å². The fraction of sp³-hybridized carbons (Fsp3) is 0.357. The van der Waals surface area contributed by atoms with Crippen LogP contribution in [0.4, 0.5) is 5.69 Å². The smallest absolute Gasteiger partial charge is 0.0933 e. The molecule has 0 aliphatic rings. The van der Waals surface area contributed by atoms with Crippen molar-refractivity contribution < 1.29 is 4.74 Å². The fourth-order valence-corrected chi connectivity index (χ4v) is 1.82. The summed E-state index contributed by atoms with van der Waals surface area (Å²) in [5.74, 6) is 0. The number of pyridine rings is 1. The van der Waals surface area contributed by atoms with Crippen LogP contribution in [-0.2, 0) is 4.74 Å². The van der Waals surface area contributed by atoms with Crippen molar-refractivity contribution in [1.29, 1.82) is 0 Å². The van der Waals surface area contributed by atoms with Gasteiger partial charge in [0.15, 0.2) is 0 Å². The lowest BCUT2D eigenvalue weighted by Gasteiger charge is -2.16. The Hall–Kier alpha value is -1.61. The van der Waals surface area contributed by atoms with Crippen molar-refractivity contribution in [1.82, 2.24) is 4.98 Å². The number of nitrogens with one attached hydrogen (secondary N) is 1. The first-order chi connectivity index (χ1) is 8.31. The predicted octanol–water partition coefficient (Wildman–Crippen LogP) is 3.07. The summed E-state index contributed by atoms with van der Waals surface area (Å²) in [5.41, 5.74) is 2.08. The van der Waals surface area contributed by atoms with Crippen LogP contribution in [0.2, 0.25) is 0 Å². The van der Waals surface area contributed by atoms with Crippen LogP contribution >= 0.6 is 0 Å². The highest BCUT2D eigenvalue weighted by molar-refractivity contribution is 5.90. The van der Waals surface area contributed by atoms with Gasteiger partial charge in [-0.15, -0.1) is 0 Å². The lowest BCUT2D eigenvalue weighted by Crippen LogP contribution is -2.21. The second kappa shape index (κ2) is 5.64. The number of hydrogen-bond donors (Lipinski definition) is 1. The zero-order valence-corrected chi connectivity index (χ0v) is 10.3. The van der Waals surface area contributed by atoms with Gasteiger partial charge < -0.3 is 10.1 Å². The minimum Gasteiger partial charge on any atom is -0.380 e. The highest BCUT2D eigenvalue weighted by Crippen LogP contribution is 2.21. The molecule has 1 atom stereocenters. The maximum atomic E-state index is 5.40. The summed E-state index contributed by atoms with van der Waals surface area (Å²) >= 11 is 0. The van der Waals surface area contributed by atoms with Crippen LogP contribution in [0.1, 0.15) is 13.8 Å². The van der Waals surface area contributed by atoms with Gasteiger partial charge in [0.25, 0.3) is 0 Å². The van der Waals surface area contributed by atoms with Crippen LogP contribution in [0.25, 0.3) is 10.9 Å². The Labute approximate surface area is 102 Å². The third-order valence-corrected chi connectivity index (χ3v) is 2.61. The van der Waals surface area contributed by atoms with Crippen molar-refractivity contribution in [2.45, 2.75) is 19.9 Å². The summed E-state index contributed by atoms with van der Waals surface area (Å²) in [6.45, 7) is 5.57. The van der Waals surface area contributed by atoms with E-state index in [1.54, 1.807) is 0 Å². The third kappa shape index (κ3) is 2.94. The average Bonchev–Trinajstić information content (AvgIpc) is 2.37. The second-order valence-corrected chi connectivity index (χ2v) is 4.09. The molecule has 1 N–H and O–H groups in total. The van der Waals surface area contributed by atoms with Crippen LogP contribution in [0.15, 0.2) is 36.5 Å². The molecule has 3 heteroatoms. The molecule has 1 aromatic carbocycles. The minimum atomic E-state index is 0.280. The maximum Gasteiger partial charge on any atom is 0.0933 e. The number of anilines is 1. The molecule has 1 heterocycles. The molecule has 2 rings (SSSR count). The quantitative estimate of drug-likeness (QED) is 0.857. The summed E-state index contributed by atoms with van der Waals surface area (Å²) in [6, 6.07) is 10.5. The highest BCUT2D eigenvalue weighted by atomic mass is 16.5. The molecule has 0 amide bonds. The van der Waals surface area contributed by atoms with Crippen molar-refractivity contribution in [2.75, 3.05) is 18.5 Å². The van der Waals surface area contributed by atoms with Gasteiger partial charge in [-0.2, -0.15) is 0 Å². The van der Waals surface area contributed by atoms with E-state index in [-0.39, 0.29) is 6.04 Å². The summed E-state index contributed by atoms with van der Waals surface area (Å²) in [5, 5.41) is 4.59. The van der Waals surface area contributed by atoms with E-state index >= 15 is 0 Å². The van der Waals surface area contributed by atoms with Crippen LogP contribution in [-0.4, -0.2) is 24.2 Å². The SMILES string of the molecule is CCOCC(C)Nc1cccc2cccnc12. The van der Waals surface area contributed by atoms with E-state index in [1.807, 2.05) is 25.3 Å². The molecule has 17 heavy (non-hydrogen) atoms. The molecule has 0 radical (unpaired) electrons. The first-order valence-corrected chi connectivity index (χ1v) is 5.99. The molecule has 0 aliphatic carbocycles. The van der Waals surface area contributed by atoms with E-state index in [1.165, 1.54) is 0 Å². The molecule has 2 aromatic rings. The van der Waals surface area contributed by atoms with E-state index in [2.05, 4.69) is 35.4 Å². The largest absolute Gasteiger partial charge is 0.380 e. The minimum absolute atomic E-state index is 0.280. The summed E-state index contributed by atoms with van der Waals surface area (Å²) in [4.78, 5) is 4.41. The zero-order valence-electron chi connectivity index (χ0n) is 10.3. The van der Waals surface area contributed by atoms with Crippen LogP contribution in [0.5, 0.6) is 0 Å². The molecule has 3 nitrogen and oxygen atoms in total. The fourth-order valence-electron chi connectivity index (χ4n) is 1.82. The number of hydrogen-bond acceptors (Lipinski definition) is 3. The first-order valence-electron chi connectivity index (χ1n) is 5.99. The second-order valence-electron chi connectivity index (χ2n) is 4.09. The lowest BCUT2D eigenvalue weighted by atomic mass is 10.2. The van der Waals surface area contributed by atoms with Gasteiger partial charge in [-0.3, -0.25) is 4.98 Å². The maximum absolute atomic E-state index is 5.40. The summed E-state index contributed by atoms with van der Waals surface area (Å²) in [6.07, 6.45) is 1.82. The van der Waals surface area contributed by atoms with Crippen molar-refractivity contribution in [3.05, 3.63) is 36.5 Å². The third-order valence-electron chi connectivity index (χ3n) is 2.61. The monoisotopic (exact) mass is 230 g/mol. The lowest BCUT2D eigenvalue weighted by molar-refractivity contribution is 0.141. The average molecular weight is 230 g/mol. The van der Waals surface area contributed by atoms with Gasteiger partial charge in [0.1, 0.15) is 0 Å². The van der Waals surface area contributed by atoms with E-state index in [0.717, 1.165) is 23.2 Å². The number of para-hydroxylation sites is 1. The van der Waals surface area contributed by atoms with Crippen molar-refractivity contribution in [3.63, 3.8) is 0 Å². The van der Waals surface area contributed by atoms with Crippen molar-refractivity contribution in [2.24, 2.45) is 0 Å². The Morgan fingerprint density at radius 3 is 2.94 bits per heavy atom. The van der Waals surface area contributed by atoms with Gasteiger partial charge in [-0.1, -0.05) is 18.2 Å². The number of ether oxygens (including phenoxy) is 1. The van der Waals surface area contributed by atoms with Crippen LogP contribution < -0.4 is 5.32 Å². The first kappa shape index (κ1) is 11.9. The van der Waals surface area contributed by atoms with Gasteiger partial charge >= 0.3 is 0 Å². The van der Waals surface area contributed by atoms with Gasteiger partial charge in [0.2, 0.25) is 0 Å². The van der Waals surface area contributed by atoms with E-state index in [9.17, 15) is 0 Å². The summed E-state index contributed by atoms with van der Waals surface area (Å²) in [7, 11) is 0. The molecule has 0 fully saturated rings. The number of fused-ring (bicyclic) bond motifs is 1. The van der Waals surface area contributed by atoms with Crippen molar-refractivity contribution in [3.8, 4) is 0 Å². The molecular formula is C14H18N2O. The predicted molar refractivity (Wildman–Crippen MR) is 71.3 cm³/mol. The van der Waals surface area contributed by atoms with Crippen LogP contribution in [0, 0.1) is 0 Å². The molecule has 90 valence electrons. The Balaban J connectivity index is 2.18. The number of nitrogens with zero attached hydrogens (tertiary/aromatic N) is 1. The van der Waals surface area contributed by atoms with Gasteiger partial charge in [0.05, 0.1) is 17.8 Å². The van der Waals surface area contributed by atoms with Gasteiger partial charge in [0, 0.05) is 24.2 Å². The standard InChI is InChI=1S/C14H18N2O/c1-3-17-10-11(2)16-13-8-4-6-12-7-5-9-15-14(12)13/h4-9,11,16H,3,10H2,1-2H3. The van der Waals surface area contributed by atoms with Gasteiger partial charge in [-0.05, 0) is 26.0 Å². The summed E-state index contributed by atoms with van der Waals surface area (Å²) < 4.78 is 5.40. The van der Waals surface area contributed by atoms with Gasteiger partial charge in [-0.25, -0.2) is 0 Å². The molecule has 0 bridgehead atoms. The topological polar surface area (TPSA) is 34.1 Å². The Bertz CT molecular complexity index is 479. The molecule has 0 saturated heterocycles. The van der Waals surface area contributed by atoms with E-state index < -0.39 is 0 Å². The number of rotatable bonds is 5. The normalized spacial score (nSPS) is 12.6. The number of benzene rings is 1. The molecule has 0 aliphatic heterocycles. The molecular weight excluding hydrogens is 212 g/mol. The van der Waals surface area contributed by atoms with E-state index in [4.69, 9.17) is 4.74 Å². The number of aromatic nitrogens is 1. The Kier molecular flexibility index (Phi) is 3.94. The molecule has 1 aromatic heterocycles. The zero-order chi connectivity index (χ0) is 12.1. The van der Waals surface area contributed by atoms with Crippen molar-refractivity contribution >= 4 is 16.6 Å². The van der Waals surface area contributed by atoms with E-state index in [0.29, 0.717) is 6.61 Å². The highest BCUT2D eigenvalue weighted by Gasteiger charge is 2.05. The molecule has 0 saturated carbocycles. The molecule has 1 unspecified atom stereocenters. The Morgan fingerprint density at radius 2 is 2.12 bits per heavy atom.